The van der Waals surface area contributed by atoms with Crippen molar-refractivity contribution >= 4 is 21.8 Å². The van der Waals surface area contributed by atoms with E-state index in [4.69, 9.17) is 0 Å². The van der Waals surface area contributed by atoms with Gasteiger partial charge in [0.2, 0.25) is 5.91 Å². The van der Waals surface area contributed by atoms with Gasteiger partial charge in [0.25, 0.3) is 10.0 Å². The van der Waals surface area contributed by atoms with E-state index in [9.17, 15) is 13.2 Å². The van der Waals surface area contributed by atoms with Crippen molar-refractivity contribution in [3.63, 3.8) is 0 Å². The maximum Gasteiger partial charge on any atom is 0.285 e. The van der Waals surface area contributed by atoms with Crippen LogP contribution in [0, 0.1) is 0 Å². The van der Waals surface area contributed by atoms with E-state index in [1.165, 1.54) is 6.92 Å². The highest BCUT2D eigenvalue weighted by atomic mass is 32.2. The first kappa shape index (κ1) is 14.5. The molecule has 1 aromatic carbocycles. The van der Waals surface area contributed by atoms with Gasteiger partial charge in [0, 0.05) is 32.6 Å². The number of sulfonamides is 1. The summed E-state index contributed by atoms with van der Waals surface area (Å²) < 4.78 is 27.7. The Morgan fingerprint density at radius 3 is 2.75 bits per heavy atom. The lowest BCUT2D eigenvalue weighted by atomic mass is 10.2. The zero-order valence-electron chi connectivity index (χ0n) is 11.5. The average Bonchev–Trinajstić information content (AvgIpc) is 2.67. The maximum atomic E-state index is 11.9. The van der Waals surface area contributed by atoms with E-state index in [1.807, 2.05) is 0 Å². The second-order valence-corrected chi connectivity index (χ2v) is 6.22. The molecule has 0 spiro atoms. The van der Waals surface area contributed by atoms with Crippen LogP contribution in [-0.2, 0) is 14.8 Å². The molecular weight excluding hydrogens is 278 g/mol. The Kier molecular flexibility index (Phi) is 4.08. The maximum absolute atomic E-state index is 11.9. The van der Waals surface area contributed by atoms with E-state index < -0.39 is 10.0 Å². The molecule has 1 aliphatic heterocycles. The summed E-state index contributed by atoms with van der Waals surface area (Å²) in [5, 5.41) is 2.70. The average molecular weight is 295 g/mol. The largest absolute Gasteiger partial charge is 0.358 e. The third kappa shape index (κ3) is 2.98. The third-order valence-corrected chi connectivity index (χ3v) is 4.34. The van der Waals surface area contributed by atoms with Crippen molar-refractivity contribution in [2.45, 2.75) is 18.2 Å². The molecule has 0 fully saturated rings. The fourth-order valence-corrected chi connectivity index (χ4v) is 3.30. The summed E-state index contributed by atoms with van der Waals surface area (Å²) in [7, 11) is -1.77. The number of amides is 1. The molecule has 1 heterocycles. The molecule has 0 atom stereocenters. The SMILES string of the molecule is CC(=O)NCCCN(C)C1=NS(=O)(=O)c2ccccc21. The first-order valence-corrected chi connectivity index (χ1v) is 7.76. The minimum atomic E-state index is -3.57. The monoisotopic (exact) mass is 295 g/mol. The van der Waals surface area contributed by atoms with Gasteiger partial charge in [0.1, 0.15) is 10.7 Å². The van der Waals surface area contributed by atoms with E-state index in [0.29, 0.717) is 24.5 Å². The van der Waals surface area contributed by atoms with Crippen LogP contribution in [-0.4, -0.2) is 45.2 Å². The Bertz CT molecular complexity index is 653. The standard InChI is InChI=1S/C13H17N3O3S/c1-10(17)14-8-5-9-16(2)13-11-6-3-4-7-12(11)20(18,19)15-13/h3-4,6-7H,5,8-9H2,1-2H3,(H,14,17). The normalized spacial score (nSPS) is 15.4. The van der Waals surface area contributed by atoms with Crippen LogP contribution < -0.4 is 5.32 Å². The molecule has 108 valence electrons. The van der Waals surface area contributed by atoms with E-state index in [2.05, 4.69) is 9.71 Å². The molecule has 0 unspecified atom stereocenters. The lowest BCUT2D eigenvalue weighted by molar-refractivity contribution is -0.118. The van der Waals surface area contributed by atoms with Crippen molar-refractivity contribution in [1.29, 1.82) is 0 Å². The predicted octanol–water partition coefficient (Wildman–Crippen LogP) is 0.594. The Balaban J connectivity index is 2.08. The number of hydrogen-bond donors (Lipinski definition) is 1. The minimum Gasteiger partial charge on any atom is -0.358 e. The number of fused-ring (bicyclic) bond motifs is 1. The van der Waals surface area contributed by atoms with E-state index >= 15 is 0 Å². The molecule has 20 heavy (non-hydrogen) atoms. The van der Waals surface area contributed by atoms with Crippen LogP contribution in [0.15, 0.2) is 33.6 Å². The molecular formula is C13H17N3O3S. The molecule has 0 radical (unpaired) electrons. The summed E-state index contributed by atoms with van der Waals surface area (Å²) >= 11 is 0. The molecule has 7 heteroatoms. The first-order valence-electron chi connectivity index (χ1n) is 6.32. The summed E-state index contributed by atoms with van der Waals surface area (Å²) in [4.78, 5) is 12.8. The Morgan fingerprint density at radius 1 is 1.35 bits per heavy atom. The fourth-order valence-electron chi connectivity index (χ4n) is 2.05. The van der Waals surface area contributed by atoms with Gasteiger partial charge < -0.3 is 10.2 Å². The van der Waals surface area contributed by atoms with E-state index in [0.717, 1.165) is 6.42 Å². The number of amidine groups is 1. The van der Waals surface area contributed by atoms with Gasteiger partial charge in [0.05, 0.1) is 0 Å². The third-order valence-electron chi connectivity index (χ3n) is 3.02. The van der Waals surface area contributed by atoms with Gasteiger partial charge in [-0.25, -0.2) is 0 Å². The number of carbonyl (C=O) groups excluding carboxylic acids is 1. The molecule has 0 saturated carbocycles. The van der Waals surface area contributed by atoms with Gasteiger partial charge in [-0.1, -0.05) is 12.1 Å². The highest BCUT2D eigenvalue weighted by Gasteiger charge is 2.30. The summed E-state index contributed by atoms with van der Waals surface area (Å²) in [6.45, 7) is 2.64. The molecule has 1 aromatic rings. The zero-order chi connectivity index (χ0) is 14.8. The Morgan fingerprint density at radius 2 is 2.05 bits per heavy atom. The number of benzene rings is 1. The zero-order valence-corrected chi connectivity index (χ0v) is 12.3. The number of hydrogen-bond acceptors (Lipinski definition) is 4. The van der Waals surface area contributed by atoms with Crippen LogP contribution in [0.3, 0.4) is 0 Å². The van der Waals surface area contributed by atoms with Crippen LogP contribution in [0.25, 0.3) is 0 Å². The summed E-state index contributed by atoms with van der Waals surface area (Å²) in [6, 6.07) is 6.79. The fraction of sp³-hybridized carbons (Fsp3) is 0.385. The van der Waals surface area contributed by atoms with Crippen LogP contribution in [0.2, 0.25) is 0 Å². The van der Waals surface area contributed by atoms with Crippen LogP contribution in [0.1, 0.15) is 18.9 Å². The van der Waals surface area contributed by atoms with Crippen LogP contribution in [0.4, 0.5) is 0 Å². The summed E-state index contributed by atoms with van der Waals surface area (Å²) in [6.07, 6.45) is 0.720. The van der Waals surface area contributed by atoms with Gasteiger partial charge in [-0.3, -0.25) is 4.79 Å². The Labute approximate surface area is 118 Å². The Hall–Kier alpha value is -1.89. The molecule has 0 aliphatic carbocycles. The number of carbonyl (C=O) groups is 1. The molecule has 1 amide bonds. The number of nitrogens with zero attached hydrogens (tertiary/aromatic N) is 2. The second-order valence-electron chi connectivity index (χ2n) is 4.64. The summed E-state index contributed by atoms with van der Waals surface area (Å²) in [5.74, 6) is 0.391. The smallest absolute Gasteiger partial charge is 0.285 e. The topological polar surface area (TPSA) is 78.8 Å². The molecule has 6 nitrogen and oxygen atoms in total. The molecule has 0 aromatic heterocycles. The van der Waals surface area contributed by atoms with Gasteiger partial charge in [0.15, 0.2) is 0 Å². The van der Waals surface area contributed by atoms with Gasteiger partial charge in [-0.2, -0.15) is 8.42 Å². The highest BCUT2D eigenvalue weighted by Crippen LogP contribution is 2.26. The van der Waals surface area contributed by atoms with Gasteiger partial charge >= 0.3 is 0 Å². The van der Waals surface area contributed by atoms with Gasteiger partial charge in [-0.05, 0) is 18.6 Å². The van der Waals surface area contributed by atoms with Crippen molar-refractivity contribution in [2.75, 3.05) is 20.1 Å². The second kappa shape index (κ2) is 5.62. The molecule has 1 N–H and O–H groups in total. The van der Waals surface area contributed by atoms with Crippen molar-refractivity contribution in [3.8, 4) is 0 Å². The number of rotatable bonds is 4. The first-order chi connectivity index (χ1) is 9.42. The van der Waals surface area contributed by atoms with E-state index in [-0.39, 0.29) is 10.8 Å². The minimum absolute atomic E-state index is 0.0706. The highest BCUT2D eigenvalue weighted by molar-refractivity contribution is 7.90. The molecule has 0 saturated heterocycles. The van der Waals surface area contributed by atoms with E-state index in [1.54, 1.807) is 36.2 Å². The van der Waals surface area contributed by atoms with Crippen molar-refractivity contribution in [2.24, 2.45) is 4.40 Å². The van der Waals surface area contributed by atoms with Gasteiger partial charge in [-0.15, -0.1) is 4.40 Å². The number of nitrogens with one attached hydrogen (secondary N) is 1. The quantitative estimate of drug-likeness (QED) is 0.825. The van der Waals surface area contributed by atoms with Crippen molar-refractivity contribution < 1.29 is 13.2 Å². The lowest BCUT2D eigenvalue weighted by Gasteiger charge is -2.18. The van der Waals surface area contributed by atoms with Crippen LogP contribution in [0.5, 0.6) is 0 Å². The summed E-state index contributed by atoms with van der Waals surface area (Å²) in [5.41, 5.74) is 0.634. The van der Waals surface area contributed by atoms with Crippen molar-refractivity contribution in [1.82, 2.24) is 10.2 Å². The van der Waals surface area contributed by atoms with Crippen LogP contribution >= 0.6 is 0 Å². The predicted molar refractivity (Wildman–Crippen MR) is 76.1 cm³/mol. The molecule has 1 aliphatic rings. The lowest BCUT2D eigenvalue weighted by Crippen LogP contribution is -2.30. The van der Waals surface area contributed by atoms with Crippen molar-refractivity contribution in [3.05, 3.63) is 29.8 Å². The molecule has 0 bridgehead atoms. The molecule has 2 rings (SSSR count).